The number of nitrogens with one attached hydrogen (secondary N) is 1. The molecule has 0 aliphatic heterocycles. The minimum Gasteiger partial charge on any atom is -0.381 e. The first-order chi connectivity index (χ1) is 10.9. The molecule has 23 heavy (non-hydrogen) atoms. The molecular weight excluding hydrogens is 314 g/mol. The third-order valence-electron chi connectivity index (χ3n) is 4.59. The number of imidazole rings is 1. The molecule has 7 heteroatoms. The van der Waals surface area contributed by atoms with Gasteiger partial charge in [0.15, 0.2) is 11.5 Å². The maximum Gasteiger partial charge on any atom is 0.181 e. The quantitative estimate of drug-likeness (QED) is 0.797. The molecule has 0 atom stereocenters. The van der Waals surface area contributed by atoms with Crippen LogP contribution >= 0.6 is 12.4 Å². The van der Waals surface area contributed by atoms with Gasteiger partial charge < -0.3 is 9.30 Å². The highest BCUT2D eigenvalue weighted by Gasteiger charge is 2.24. The van der Waals surface area contributed by atoms with E-state index in [0.717, 1.165) is 48.2 Å². The number of hydrogen-bond acceptors (Lipinski definition) is 4. The molecular formula is C16H20ClN5O. The van der Waals surface area contributed by atoms with Crippen LogP contribution < -0.4 is 0 Å². The van der Waals surface area contributed by atoms with Gasteiger partial charge in [-0.2, -0.15) is 5.10 Å². The molecule has 0 aromatic carbocycles. The van der Waals surface area contributed by atoms with Crippen molar-refractivity contribution < 1.29 is 4.74 Å². The van der Waals surface area contributed by atoms with E-state index in [2.05, 4.69) is 30.9 Å². The lowest BCUT2D eigenvalue weighted by Gasteiger charge is -2.29. The van der Waals surface area contributed by atoms with Crippen LogP contribution in [0.1, 0.15) is 31.7 Å². The summed E-state index contributed by atoms with van der Waals surface area (Å²) in [5, 5.41) is 8.39. The van der Waals surface area contributed by atoms with E-state index in [1.165, 1.54) is 0 Å². The van der Waals surface area contributed by atoms with E-state index in [1.54, 1.807) is 13.3 Å². The van der Waals surface area contributed by atoms with Crippen LogP contribution in [0.2, 0.25) is 0 Å². The largest absolute Gasteiger partial charge is 0.381 e. The monoisotopic (exact) mass is 333 g/mol. The van der Waals surface area contributed by atoms with Crippen LogP contribution in [-0.2, 0) is 4.74 Å². The highest BCUT2D eigenvalue weighted by molar-refractivity contribution is 5.88. The van der Waals surface area contributed by atoms with Crippen molar-refractivity contribution >= 4 is 23.4 Å². The highest BCUT2D eigenvalue weighted by atomic mass is 35.5. The van der Waals surface area contributed by atoms with Gasteiger partial charge >= 0.3 is 0 Å². The first-order valence-electron chi connectivity index (χ1n) is 7.72. The Labute approximate surface area is 140 Å². The summed E-state index contributed by atoms with van der Waals surface area (Å²) in [5.41, 5.74) is 1.68. The fourth-order valence-corrected chi connectivity index (χ4v) is 3.38. The third kappa shape index (κ3) is 2.84. The van der Waals surface area contributed by atoms with Crippen LogP contribution in [-0.4, -0.2) is 37.9 Å². The standard InChI is InChI=1S/C16H19N5O.ClH/c1-22-12-6-4-11(5-7-12)21-10-9-18-16(21)14-13-3-2-8-17-15(13)20-19-14;/h2-3,8-12H,4-7H2,1H3,(H,17,19,20);1H. The lowest BCUT2D eigenvalue weighted by Crippen LogP contribution is -2.22. The second-order valence-electron chi connectivity index (χ2n) is 5.80. The number of nitrogens with zero attached hydrogens (tertiary/aromatic N) is 4. The Bertz CT molecular complexity index is 775. The number of H-pyrrole nitrogens is 1. The van der Waals surface area contributed by atoms with E-state index in [4.69, 9.17) is 4.74 Å². The third-order valence-corrected chi connectivity index (χ3v) is 4.59. The summed E-state index contributed by atoms with van der Waals surface area (Å²) in [4.78, 5) is 8.83. The molecule has 4 rings (SSSR count). The Morgan fingerprint density at radius 1 is 1.17 bits per heavy atom. The van der Waals surface area contributed by atoms with Gasteiger partial charge in [-0.3, -0.25) is 5.10 Å². The Balaban J connectivity index is 0.00000156. The smallest absolute Gasteiger partial charge is 0.181 e. The number of hydrogen-bond donors (Lipinski definition) is 1. The molecule has 1 fully saturated rings. The molecule has 6 nitrogen and oxygen atoms in total. The molecule has 0 unspecified atom stereocenters. The Morgan fingerprint density at radius 3 is 2.78 bits per heavy atom. The number of rotatable bonds is 3. The van der Waals surface area contributed by atoms with Crippen LogP contribution in [0.25, 0.3) is 22.6 Å². The molecule has 0 saturated heterocycles. The van der Waals surface area contributed by atoms with E-state index < -0.39 is 0 Å². The van der Waals surface area contributed by atoms with Crippen molar-refractivity contribution in [3.05, 3.63) is 30.7 Å². The van der Waals surface area contributed by atoms with E-state index in [0.29, 0.717) is 12.1 Å². The van der Waals surface area contributed by atoms with Crippen molar-refractivity contribution in [1.29, 1.82) is 0 Å². The maximum absolute atomic E-state index is 5.47. The van der Waals surface area contributed by atoms with Crippen molar-refractivity contribution in [1.82, 2.24) is 24.7 Å². The molecule has 1 saturated carbocycles. The molecule has 1 aliphatic rings. The van der Waals surface area contributed by atoms with E-state index in [-0.39, 0.29) is 12.4 Å². The van der Waals surface area contributed by atoms with Crippen molar-refractivity contribution in [3.8, 4) is 11.5 Å². The van der Waals surface area contributed by atoms with Gasteiger partial charge in [-0.15, -0.1) is 12.4 Å². The molecule has 3 heterocycles. The van der Waals surface area contributed by atoms with Crippen LogP contribution in [0.3, 0.4) is 0 Å². The number of ether oxygens (including phenoxy) is 1. The fraction of sp³-hybridized carbons (Fsp3) is 0.438. The summed E-state index contributed by atoms with van der Waals surface area (Å²) in [6.45, 7) is 0. The van der Waals surface area contributed by atoms with Crippen LogP contribution in [0.5, 0.6) is 0 Å². The van der Waals surface area contributed by atoms with Crippen molar-refractivity contribution in [2.45, 2.75) is 37.8 Å². The molecule has 122 valence electrons. The van der Waals surface area contributed by atoms with Gasteiger partial charge in [0.05, 0.1) is 6.10 Å². The van der Waals surface area contributed by atoms with Crippen molar-refractivity contribution in [2.75, 3.05) is 7.11 Å². The Hall–Kier alpha value is -1.92. The van der Waals surface area contributed by atoms with Crippen molar-refractivity contribution in [3.63, 3.8) is 0 Å². The normalized spacial score (nSPS) is 21.3. The summed E-state index contributed by atoms with van der Waals surface area (Å²) in [6.07, 6.45) is 10.5. The average molecular weight is 334 g/mol. The molecule has 0 amide bonds. The predicted octanol–water partition coefficient (Wildman–Crippen LogP) is 3.37. The second-order valence-corrected chi connectivity index (χ2v) is 5.80. The molecule has 0 bridgehead atoms. The second kappa shape index (κ2) is 6.68. The molecule has 0 spiro atoms. The summed E-state index contributed by atoms with van der Waals surface area (Å²) in [6, 6.07) is 4.43. The van der Waals surface area contributed by atoms with Gasteiger partial charge in [-0.25, -0.2) is 9.97 Å². The maximum atomic E-state index is 5.47. The molecule has 1 aliphatic carbocycles. The fourth-order valence-electron chi connectivity index (χ4n) is 3.38. The zero-order chi connectivity index (χ0) is 14.9. The van der Waals surface area contributed by atoms with Gasteiger partial charge in [0, 0.05) is 37.1 Å². The number of fused-ring (bicyclic) bond motifs is 1. The van der Waals surface area contributed by atoms with Crippen LogP contribution in [0, 0.1) is 0 Å². The number of pyridine rings is 1. The zero-order valence-corrected chi connectivity index (χ0v) is 13.8. The SMILES string of the molecule is COC1CCC(n2ccnc2-c2[nH]nc3ncccc23)CC1.Cl. The predicted molar refractivity (Wildman–Crippen MR) is 90.7 cm³/mol. The first kappa shape index (κ1) is 16.0. The van der Waals surface area contributed by atoms with Gasteiger partial charge in [-0.05, 0) is 37.8 Å². The number of aromatic amines is 1. The Morgan fingerprint density at radius 2 is 2.00 bits per heavy atom. The molecule has 3 aromatic heterocycles. The summed E-state index contributed by atoms with van der Waals surface area (Å²) in [7, 11) is 1.80. The van der Waals surface area contributed by atoms with Gasteiger partial charge in [0.1, 0.15) is 5.69 Å². The number of methoxy groups -OCH3 is 1. The summed E-state index contributed by atoms with van der Waals surface area (Å²) >= 11 is 0. The number of aromatic nitrogens is 5. The zero-order valence-electron chi connectivity index (χ0n) is 13.0. The first-order valence-corrected chi connectivity index (χ1v) is 7.72. The highest BCUT2D eigenvalue weighted by Crippen LogP contribution is 2.33. The van der Waals surface area contributed by atoms with Gasteiger partial charge in [-0.1, -0.05) is 0 Å². The van der Waals surface area contributed by atoms with E-state index >= 15 is 0 Å². The van der Waals surface area contributed by atoms with Crippen LogP contribution in [0.4, 0.5) is 0 Å². The summed E-state index contributed by atoms with van der Waals surface area (Å²) in [5.74, 6) is 0.941. The number of halogens is 1. The van der Waals surface area contributed by atoms with E-state index in [1.807, 2.05) is 18.3 Å². The topological polar surface area (TPSA) is 68.6 Å². The van der Waals surface area contributed by atoms with Gasteiger partial charge in [0.2, 0.25) is 0 Å². The lowest BCUT2D eigenvalue weighted by molar-refractivity contribution is 0.0586. The molecule has 3 aromatic rings. The van der Waals surface area contributed by atoms with Crippen LogP contribution in [0.15, 0.2) is 30.7 Å². The summed E-state index contributed by atoms with van der Waals surface area (Å²) < 4.78 is 7.74. The van der Waals surface area contributed by atoms with E-state index in [9.17, 15) is 0 Å². The minimum atomic E-state index is 0. The molecule has 0 radical (unpaired) electrons. The lowest BCUT2D eigenvalue weighted by atomic mass is 9.92. The minimum absolute atomic E-state index is 0. The average Bonchev–Trinajstić information content (AvgIpc) is 3.21. The van der Waals surface area contributed by atoms with Crippen molar-refractivity contribution in [2.24, 2.45) is 0 Å². The molecule has 1 N–H and O–H groups in total. The van der Waals surface area contributed by atoms with Gasteiger partial charge in [0.25, 0.3) is 0 Å². The Kier molecular flexibility index (Phi) is 4.63.